The van der Waals surface area contributed by atoms with Crippen molar-refractivity contribution < 1.29 is 13.9 Å². The maximum absolute atomic E-state index is 13.1. The minimum Gasteiger partial charge on any atom is -0.373 e. The lowest BCUT2D eigenvalue weighted by atomic mass is 9.95. The molecule has 2 aliphatic heterocycles. The van der Waals surface area contributed by atoms with Crippen LogP contribution in [0, 0.1) is 5.82 Å². The van der Waals surface area contributed by atoms with E-state index >= 15 is 0 Å². The molecule has 1 amide bonds. The van der Waals surface area contributed by atoms with Crippen LogP contribution >= 0.6 is 15.9 Å². The second-order valence-electron chi connectivity index (χ2n) is 7.00. The van der Waals surface area contributed by atoms with Crippen LogP contribution < -0.4 is 4.90 Å². The number of nitrogens with zero attached hydrogens (tertiary/aromatic N) is 2. The predicted molar refractivity (Wildman–Crippen MR) is 106 cm³/mol. The van der Waals surface area contributed by atoms with Gasteiger partial charge in [0.1, 0.15) is 5.82 Å². The number of anilines is 1. The molecule has 142 valence electrons. The summed E-state index contributed by atoms with van der Waals surface area (Å²) in [5.41, 5.74) is 3.39. The molecule has 2 aromatic carbocycles. The number of hydrogen-bond donors (Lipinski definition) is 0. The summed E-state index contributed by atoms with van der Waals surface area (Å²) in [6.45, 7) is 3.52. The molecule has 4 nitrogen and oxygen atoms in total. The van der Waals surface area contributed by atoms with E-state index in [2.05, 4.69) is 33.0 Å². The summed E-state index contributed by atoms with van der Waals surface area (Å²) in [4.78, 5) is 16.9. The fourth-order valence-electron chi connectivity index (χ4n) is 3.83. The van der Waals surface area contributed by atoms with Crippen LogP contribution in [0.3, 0.4) is 0 Å². The van der Waals surface area contributed by atoms with Crippen LogP contribution in [-0.2, 0) is 16.0 Å². The van der Waals surface area contributed by atoms with Crippen molar-refractivity contribution in [3.05, 3.63) is 63.9 Å². The Labute approximate surface area is 167 Å². The van der Waals surface area contributed by atoms with Gasteiger partial charge in [-0.15, -0.1) is 0 Å². The molecule has 6 heteroatoms. The normalized spacial score (nSPS) is 19.7. The Balaban J connectivity index is 1.36. The zero-order valence-corrected chi connectivity index (χ0v) is 16.6. The number of carbonyl (C=O) groups is 1. The smallest absolute Gasteiger partial charge is 0.225 e. The van der Waals surface area contributed by atoms with Gasteiger partial charge in [0.2, 0.25) is 5.91 Å². The first-order valence-corrected chi connectivity index (χ1v) is 10.1. The molecule has 0 saturated carbocycles. The third-order valence-electron chi connectivity index (χ3n) is 5.33. The molecule has 1 unspecified atom stereocenters. The number of piperazine rings is 1. The molecule has 1 fully saturated rings. The van der Waals surface area contributed by atoms with Gasteiger partial charge in [-0.2, -0.15) is 0 Å². The maximum atomic E-state index is 13.1. The molecule has 2 heterocycles. The van der Waals surface area contributed by atoms with Crippen molar-refractivity contribution in [3.8, 4) is 0 Å². The van der Waals surface area contributed by atoms with Gasteiger partial charge in [-0.3, -0.25) is 4.79 Å². The highest BCUT2D eigenvalue weighted by atomic mass is 79.9. The number of benzene rings is 2. The summed E-state index contributed by atoms with van der Waals surface area (Å²) in [6.07, 6.45) is 1.10. The lowest BCUT2D eigenvalue weighted by molar-refractivity contribution is -0.135. The van der Waals surface area contributed by atoms with Crippen molar-refractivity contribution >= 4 is 27.5 Å². The Morgan fingerprint density at radius 1 is 1.11 bits per heavy atom. The van der Waals surface area contributed by atoms with E-state index in [0.717, 1.165) is 35.2 Å². The lowest BCUT2D eigenvalue weighted by Gasteiger charge is -2.37. The van der Waals surface area contributed by atoms with Crippen LogP contribution in [0.15, 0.2) is 46.9 Å². The van der Waals surface area contributed by atoms with Gasteiger partial charge in [0, 0.05) is 36.3 Å². The summed E-state index contributed by atoms with van der Waals surface area (Å²) in [6, 6.07) is 12.7. The SMILES string of the molecule is O=C(CC1OCCc2cc(Br)ccc21)N1CCN(c2ccc(F)cc2)CC1. The van der Waals surface area contributed by atoms with Gasteiger partial charge >= 0.3 is 0 Å². The van der Waals surface area contributed by atoms with Crippen LogP contribution in [0.2, 0.25) is 0 Å². The first-order valence-electron chi connectivity index (χ1n) is 9.28. The third-order valence-corrected chi connectivity index (χ3v) is 5.82. The molecule has 0 spiro atoms. The standard InChI is InChI=1S/C21H22BrFN2O2/c22-16-1-6-19-15(13-16)7-12-27-20(19)14-21(26)25-10-8-24(9-11-25)18-4-2-17(23)3-5-18/h1-6,13,20H,7-12,14H2. The topological polar surface area (TPSA) is 32.8 Å². The number of rotatable bonds is 3. The van der Waals surface area contributed by atoms with Gasteiger partial charge in [-0.25, -0.2) is 4.39 Å². The summed E-state index contributed by atoms with van der Waals surface area (Å²) in [5.74, 6) is -0.0955. The van der Waals surface area contributed by atoms with Gasteiger partial charge in [0.15, 0.2) is 0 Å². The Kier molecular flexibility index (Phi) is 5.45. The van der Waals surface area contributed by atoms with Crippen molar-refractivity contribution in [1.82, 2.24) is 4.90 Å². The fraction of sp³-hybridized carbons (Fsp3) is 0.381. The summed E-state index contributed by atoms with van der Waals surface area (Å²) in [5, 5.41) is 0. The quantitative estimate of drug-likeness (QED) is 0.736. The van der Waals surface area contributed by atoms with Gasteiger partial charge in [0.25, 0.3) is 0 Å². The summed E-state index contributed by atoms with van der Waals surface area (Å²) < 4.78 is 20.0. The molecule has 0 radical (unpaired) electrons. The van der Waals surface area contributed by atoms with Gasteiger partial charge < -0.3 is 14.5 Å². The van der Waals surface area contributed by atoms with E-state index in [1.807, 2.05) is 11.0 Å². The largest absolute Gasteiger partial charge is 0.373 e. The van der Waals surface area contributed by atoms with E-state index in [0.29, 0.717) is 26.1 Å². The molecule has 0 aliphatic carbocycles. The molecule has 2 aromatic rings. The minimum atomic E-state index is -0.229. The zero-order chi connectivity index (χ0) is 18.8. The Morgan fingerprint density at radius 2 is 1.85 bits per heavy atom. The number of hydrogen-bond acceptors (Lipinski definition) is 3. The number of amides is 1. The average molecular weight is 433 g/mol. The van der Waals surface area contributed by atoms with Crippen molar-refractivity contribution in [2.75, 3.05) is 37.7 Å². The highest BCUT2D eigenvalue weighted by Gasteiger charge is 2.27. The highest BCUT2D eigenvalue weighted by Crippen LogP contribution is 2.32. The van der Waals surface area contributed by atoms with Crippen LogP contribution in [0.5, 0.6) is 0 Å². The Hall–Kier alpha value is -1.92. The number of halogens is 2. The van der Waals surface area contributed by atoms with Crippen LogP contribution in [-0.4, -0.2) is 43.6 Å². The molecule has 2 aliphatic rings. The summed E-state index contributed by atoms with van der Waals surface area (Å²) in [7, 11) is 0. The molecule has 4 rings (SSSR count). The van der Waals surface area contributed by atoms with Crippen molar-refractivity contribution in [3.63, 3.8) is 0 Å². The predicted octanol–water partition coefficient (Wildman–Crippen LogP) is 3.94. The van der Waals surface area contributed by atoms with Crippen molar-refractivity contribution in [2.24, 2.45) is 0 Å². The Bertz CT molecular complexity index is 819. The van der Waals surface area contributed by atoms with Crippen LogP contribution in [0.4, 0.5) is 10.1 Å². The second kappa shape index (κ2) is 7.98. The van der Waals surface area contributed by atoms with Gasteiger partial charge in [0.05, 0.1) is 19.1 Å². The summed E-state index contributed by atoms with van der Waals surface area (Å²) >= 11 is 3.51. The lowest BCUT2D eigenvalue weighted by Crippen LogP contribution is -2.49. The molecule has 0 bridgehead atoms. The second-order valence-corrected chi connectivity index (χ2v) is 7.92. The maximum Gasteiger partial charge on any atom is 0.225 e. The number of carbonyl (C=O) groups excluding carboxylic acids is 1. The number of ether oxygens (including phenoxy) is 1. The van der Waals surface area contributed by atoms with E-state index in [9.17, 15) is 9.18 Å². The Morgan fingerprint density at radius 3 is 2.59 bits per heavy atom. The van der Waals surface area contributed by atoms with Crippen molar-refractivity contribution in [1.29, 1.82) is 0 Å². The third kappa shape index (κ3) is 4.17. The van der Waals surface area contributed by atoms with Crippen LogP contribution in [0.25, 0.3) is 0 Å². The van der Waals surface area contributed by atoms with Crippen LogP contribution in [0.1, 0.15) is 23.7 Å². The molecule has 1 atom stereocenters. The first-order chi connectivity index (χ1) is 13.1. The molecule has 27 heavy (non-hydrogen) atoms. The average Bonchev–Trinajstić information content (AvgIpc) is 2.68. The molecular formula is C21H22BrFN2O2. The highest BCUT2D eigenvalue weighted by molar-refractivity contribution is 9.10. The van der Waals surface area contributed by atoms with E-state index in [4.69, 9.17) is 4.74 Å². The van der Waals surface area contributed by atoms with E-state index < -0.39 is 0 Å². The first kappa shape index (κ1) is 18.4. The fourth-order valence-corrected chi connectivity index (χ4v) is 4.24. The molecular weight excluding hydrogens is 411 g/mol. The van der Waals surface area contributed by atoms with E-state index in [-0.39, 0.29) is 17.8 Å². The molecule has 0 aromatic heterocycles. The monoisotopic (exact) mass is 432 g/mol. The van der Waals surface area contributed by atoms with Gasteiger partial charge in [-0.1, -0.05) is 22.0 Å². The van der Waals surface area contributed by atoms with Crippen molar-refractivity contribution in [2.45, 2.75) is 18.9 Å². The molecule has 1 saturated heterocycles. The van der Waals surface area contributed by atoms with E-state index in [1.165, 1.54) is 17.7 Å². The zero-order valence-electron chi connectivity index (χ0n) is 15.0. The van der Waals surface area contributed by atoms with Gasteiger partial charge in [-0.05, 0) is 53.9 Å². The minimum absolute atomic E-state index is 0.134. The molecule has 0 N–H and O–H groups in total. The number of fused-ring (bicyclic) bond motifs is 1. The van der Waals surface area contributed by atoms with E-state index in [1.54, 1.807) is 12.1 Å².